The number of aliphatic imine (C=N–C) groups is 1. The molecule has 1 aromatic heterocycles. The molecule has 1 aliphatic heterocycles. The number of aryl methyl sites for hydroxylation is 2. The fourth-order valence-corrected chi connectivity index (χ4v) is 4.64. The Morgan fingerprint density at radius 1 is 0.927 bits per heavy atom. The Hall–Kier alpha value is -3.92. The van der Waals surface area contributed by atoms with Gasteiger partial charge in [-0.3, -0.25) is 4.99 Å². The summed E-state index contributed by atoms with van der Waals surface area (Å²) >= 11 is 0. The van der Waals surface area contributed by atoms with Gasteiger partial charge in [0.25, 0.3) is 0 Å². The van der Waals surface area contributed by atoms with Crippen molar-refractivity contribution in [2.24, 2.45) is 4.99 Å². The van der Waals surface area contributed by atoms with E-state index in [1.165, 1.54) is 46.2 Å². The number of rotatable bonds is 10. The van der Waals surface area contributed by atoms with Crippen molar-refractivity contribution < 1.29 is 0 Å². The van der Waals surface area contributed by atoms with Crippen LogP contribution in [0.3, 0.4) is 0 Å². The van der Waals surface area contributed by atoms with E-state index in [0.29, 0.717) is 0 Å². The third-order valence-corrected chi connectivity index (χ3v) is 6.98. The number of hydrogen-bond acceptors (Lipinski definition) is 3. The molecule has 4 heteroatoms. The van der Waals surface area contributed by atoms with Gasteiger partial charge in [-0.2, -0.15) is 5.10 Å². The van der Waals surface area contributed by atoms with E-state index in [9.17, 15) is 0 Å². The molecule has 1 N–H and O–H groups in total. The maximum Gasteiger partial charge on any atom is 0.128 e. The molecule has 0 saturated heterocycles. The van der Waals surface area contributed by atoms with Crippen LogP contribution in [0.2, 0.25) is 0 Å². The summed E-state index contributed by atoms with van der Waals surface area (Å²) in [6.45, 7) is 26.7. The van der Waals surface area contributed by atoms with E-state index in [4.69, 9.17) is 0 Å². The molecule has 1 aliphatic rings. The molecule has 218 valence electrons. The lowest BCUT2D eigenvalue weighted by atomic mass is 9.96. The van der Waals surface area contributed by atoms with E-state index in [1.807, 2.05) is 49.8 Å². The highest BCUT2D eigenvalue weighted by Gasteiger charge is 2.18. The molecule has 2 aromatic carbocycles. The number of benzene rings is 2. The van der Waals surface area contributed by atoms with Gasteiger partial charge in [0.2, 0.25) is 0 Å². The first kappa shape index (κ1) is 33.3. The van der Waals surface area contributed by atoms with Crippen molar-refractivity contribution in [3.63, 3.8) is 0 Å². The third-order valence-electron chi connectivity index (χ3n) is 6.98. The van der Waals surface area contributed by atoms with Crippen LogP contribution in [0.4, 0.5) is 0 Å². The molecule has 0 saturated carbocycles. The number of allylic oxidation sites excluding steroid dienone is 4. The van der Waals surface area contributed by atoms with Gasteiger partial charge in [-0.15, -0.1) is 0 Å². The number of unbranched alkanes of at least 4 members (excludes halogenated alkanes) is 2. The molecular formula is C37H50N4. The van der Waals surface area contributed by atoms with E-state index in [0.717, 1.165) is 47.9 Å². The second kappa shape index (κ2) is 17.0. The van der Waals surface area contributed by atoms with Crippen molar-refractivity contribution in [1.82, 2.24) is 15.1 Å². The van der Waals surface area contributed by atoms with Crippen LogP contribution in [0.25, 0.3) is 11.4 Å². The number of aromatic nitrogens is 2. The summed E-state index contributed by atoms with van der Waals surface area (Å²) in [5.74, 6) is 0.991. The average molecular weight is 551 g/mol. The molecular weight excluding hydrogens is 500 g/mol. The van der Waals surface area contributed by atoms with E-state index >= 15 is 0 Å². The smallest absolute Gasteiger partial charge is 0.128 e. The molecule has 0 radical (unpaired) electrons. The Morgan fingerprint density at radius 2 is 1.59 bits per heavy atom. The van der Waals surface area contributed by atoms with Crippen LogP contribution in [0.5, 0.6) is 0 Å². The molecule has 0 amide bonds. The first-order chi connectivity index (χ1) is 19.7. The lowest BCUT2D eigenvalue weighted by Gasteiger charge is -2.15. The standard InChI is InChI=1S/C21H29N3.C14H15N.C2H6/c1-6-7-10-13-22-21(24-19(5)18(4)15-23-24)14-17(3)20-12-9-8-11-16(20)2;1-10(2)13-11(3)9-15-14(13)12-7-5-4-6-8-12;1-2/h8-9,11-12,14-15,22H,3,6-7,10,13H2,1-2,4-5H3;4-8H,1,9H2,2-3H3;1-2H3/b21-14-;;. The molecule has 0 fully saturated rings. The quantitative estimate of drug-likeness (QED) is 0.202. The zero-order valence-corrected chi connectivity index (χ0v) is 26.6. The highest BCUT2D eigenvalue weighted by atomic mass is 15.3. The lowest BCUT2D eigenvalue weighted by Crippen LogP contribution is -2.20. The van der Waals surface area contributed by atoms with Gasteiger partial charge in [-0.05, 0) is 80.5 Å². The number of nitrogens with one attached hydrogen (secondary N) is 1. The lowest BCUT2D eigenvalue weighted by molar-refractivity contribution is 0.665. The van der Waals surface area contributed by atoms with Crippen molar-refractivity contribution in [3.8, 4) is 0 Å². The monoisotopic (exact) mass is 550 g/mol. The van der Waals surface area contributed by atoms with Gasteiger partial charge < -0.3 is 5.32 Å². The minimum absolute atomic E-state index is 0.812. The Kier molecular flexibility index (Phi) is 13.8. The van der Waals surface area contributed by atoms with Gasteiger partial charge in [-0.25, -0.2) is 4.68 Å². The Bertz CT molecular complexity index is 1380. The molecule has 0 spiro atoms. The summed E-state index contributed by atoms with van der Waals surface area (Å²) in [7, 11) is 0. The summed E-state index contributed by atoms with van der Waals surface area (Å²) in [6, 6.07) is 18.6. The zero-order chi connectivity index (χ0) is 30.4. The summed E-state index contributed by atoms with van der Waals surface area (Å²) < 4.78 is 1.98. The first-order valence-corrected chi connectivity index (χ1v) is 14.9. The van der Waals surface area contributed by atoms with E-state index in [-0.39, 0.29) is 0 Å². The Balaban J connectivity index is 0.000000296. The number of hydrogen-bond donors (Lipinski definition) is 1. The Morgan fingerprint density at radius 3 is 2.17 bits per heavy atom. The van der Waals surface area contributed by atoms with E-state index < -0.39 is 0 Å². The summed E-state index contributed by atoms with van der Waals surface area (Å²) in [4.78, 5) is 4.57. The molecule has 0 atom stereocenters. The minimum atomic E-state index is 0.812. The second-order valence-corrected chi connectivity index (χ2v) is 10.3. The first-order valence-electron chi connectivity index (χ1n) is 14.9. The molecule has 2 heterocycles. The highest BCUT2D eigenvalue weighted by molar-refractivity contribution is 6.16. The zero-order valence-electron chi connectivity index (χ0n) is 26.6. The predicted octanol–water partition coefficient (Wildman–Crippen LogP) is 9.51. The van der Waals surface area contributed by atoms with E-state index in [2.05, 4.69) is 106 Å². The van der Waals surface area contributed by atoms with Crippen LogP contribution in [-0.4, -0.2) is 28.6 Å². The molecule has 4 nitrogen and oxygen atoms in total. The van der Waals surface area contributed by atoms with Gasteiger partial charge >= 0.3 is 0 Å². The van der Waals surface area contributed by atoms with Crippen molar-refractivity contribution in [1.29, 1.82) is 0 Å². The van der Waals surface area contributed by atoms with Crippen LogP contribution < -0.4 is 5.32 Å². The van der Waals surface area contributed by atoms with Crippen molar-refractivity contribution >= 4 is 17.1 Å². The van der Waals surface area contributed by atoms with E-state index in [1.54, 1.807) is 0 Å². The van der Waals surface area contributed by atoms with Gasteiger partial charge in [0, 0.05) is 23.4 Å². The van der Waals surface area contributed by atoms with Crippen LogP contribution >= 0.6 is 0 Å². The molecule has 3 aromatic rings. The minimum Gasteiger partial charge on any atom is -0.370 e. The molecule has 0 bridgehead atoms. The summed E-state index contributed by atoms with van der Waals surface area (Å²) in [6.07, 6.45) is 7.62. The van der Waals surface area contributed by atoms with Crippen LogP contribution in [0.15, 0.2) is 102 Å². The number of nitrogens with zero attached hydrogens (tertiary/aromatic N) is 3. The SMILES string of the molecule is C=C(/C=C(/NCCCCC)n1ncc(C)c1C)c1ccccc1C.C=C(C)C1=C(C)CN=C1c1ccccc1.CC. The second-order valence-electron chi connectivity index (χ2n) is 10.3. The van der Waals surface area contributed by atoms with Crippen LogP contribution in [0.1, 0.15) is 81.8 Å². The van der Waals surface area contributed by atoms with Crippen molar-refractivity contribution in [2.45, 2.75) is 74.7 Å². The predicted molar refractivity (Wildman–Crippen MR) is 180 cm³/mol. The maximum absolute atomic E-state index is 4.57. The average Bonchev–Trinajstić information content (AvgIpc) is 3.54. The summed E-state index contributed by atoms with van der Waals surface area (Å²) in [5, 5.41) is 8.07. The fraction of sp³-hybridized carbons (Fsp3) is 0.351. The van der Waals surface area contributed by atoms with Crippen molar-refractivity contribution in [3.05, 3.63) is 125 Å². The molecule has 0 aliphatic carbocycles. The molecule has 0 unspecified atom stereocenters. The van der Waals surface area contributed by atoms with Crippen LogP contribution in [0, 0.1) is 20.8 Å². The normalized spacial score (nSPS) is 12.6. The van der Waals surface area contributed by atoms with Gasteiger partial charge in [0.15, 0.2) is 0 Å². The van der Waals surface area contributed by atoms with Gasteiger partial charge in [0.1, 0.15) is 5.82 Å². The van der Waals surface area contributed by atoms with Crippen molar-refractivity contribution in [2.75, 3.05) is 13.1 Å². The maximum atomic E-state index is 4.57. The van der Waals surface area contributed by atoms with Gasteiger partial charge in [-0.1, -0.05) is 101 Å². The largest absolute Gasteiger partial charge is 0.370 e. The van der Waals surface area contributed by atoms with Crippen LogP contribution in [-0.2, 0) is 0 Å². The topological polar surface area (TPSA) is 42.2 Å². The highest BCUT2D eigenvalue weighted by Crippen LogP contribution is 2.25. The molecule has 41 heavy (non-hydrogen) atoms. The third kappa shape index (κ3) is 9.31. The Labute approximate surface area is 249 Å². The molecule has 4 rings (SSSR count). The van der Waals surface area contributed by atoms with Gasteiger partial charge in [0.05, 0.1) is 18.5 Å². The summed E-state index contributed by atoms with van der Waals surface area (Å²) in [5.41, 5.74) is 11.7. The fourth-order valence-electron chi connectivity index (χ4n) is 4.64.